The van der Waals surface area contributed by atoms with Crippen LogP contribution in [0.25, 0.3) is 0 Å². The molecule has 94 valence electrons. The summed E-state index contributed by atoms with van der Waals surface area (Å²) < 4.78 is 5.15. The van der Waals surface area contributed by atoms with Crippen LogP contribution in [-0.4, -0.2) is 7.11 Å². The summed E-state index contributed by atoms with van der Waals surface area (Å²) >= 11 is 0. The molecule has 2 heteroatoms. The Morgan fingerprint density at radius 2 is 1.72 bits per heavy atom. The van der Waals surface area contributed by atoms with Crippen LogP contribution in [0.3, 0.4) is 0 Å². The lowest BCUT2D eigenvalue weighted by molar-refractivity contribution is 0.414. The first-order valence-corrected chi connectivity index (χ1v) is 6.14. The van der Waals surface area contributed by atoms with Gasteiger partial charge in [-0.1, -0.05) is 36.4 Å². The predicted octanol–water partition coefficient (Wildman–Crippen LogP) is 3.25. The molecule has 2 rings (SSSR count). The zero-order valence-electron chi connectivity index (χ0n) is 10.9. The number of nitrogens with two attached hydrogens (primary N) is 1. The van der Waals surface area contributed by atoms with Crippen molar-refractivity contribution < 1.29 is 4.74 Å². The second-order valence-corrected chi connectivity index (χ2v) is 4.52. The Morgan fingerprint density at radius 1 is 1.06 bits per heavy atom. The Kier molecular flexibility index (Phi) is 4.00. The van der Waals surface area contributed by atoms with Crippen molar-refractivity contribution in [3.05, 3.63) is 65.2 Å². The quantitative estimate of drug-likeness (QED) is 0.891. The summed E-state index contributed by atoms with van der Waals surface area (Å²) in [4.78, 5) is 0. The fourth-order valence-electron chi connectivity index (χ4n) is 2.13. The summed E-state index contributed by atoms with van der Waals surface area (Å²) in [6.45, 7) is 2.10. The molecule has 0 spiro atoms. The SMILES string of the molecule is COc1ccc(CC(N)c2ccccc2C)cc1. The van der Waals surface area contributed by atoms with E-state index < -0.39 is 0 Å². The molecule has 0 bridgehead atoms. The van der Waals surface area contributed by atoms with Crippen molar-refractivity contribution >= 4 is 0 Å². The molecule has 0 fully saturated rings. The van der Waals surface area contributed by atoms with E-state index >= 15 is 0 Å². The van der Waals surface area contributed by atoms with Gasteiger partial charge in [0.25, 0.3) is 0 Å². The van der Waals surface area contributed by atoms with Crippen LogP contribution in [0, 0.1) is 6.92 Å². The topological polar surface area (TPSA) is 35.2 Å². The Bertz CT molecular complexity index is 505. The molecule has 0 amide bonds. The standard InChI is InChI=1S/C16H19NO/c1-12-5-3-4-6-15(12)16(17)11-13-7-9-14(18-2)10-8-13/h3-10,16H,11,17H2,1-2H3. The zero-order valence-corrected chi connectivity index (χ0v) is 10.9. The monoisotopic (exact) mass is 241 g/mol. The second kappa shape index (κ2) is 5.69. The average Bonchev–Trinajstić information content (AvgIpc) is 2.40. The lowest BCUT2D eigenvalue weighted by atomic mass is 9.96. The van der Waals surface area contributed by atoms with Gasteiger partial charge in [-0.05, 0) is 42.2 Å². The number of aryl methyl sites for hydroxylation is 1. The van der Waals surface area contributed by atoms with Crippen LogP contribution in [0.5, 0.6) is 5.75 Å². The third-order valence-electron chi connectivity index (χ3n) is 3.20. The summed E-state index contributed by atoms with van der Waals surface area (Å²) in [6, 6.07) is 16.4. The molecular formula is C16H19NO. The molecule has 0 saturated carbocycles. The summed E-state index contributed by atoms with van der Waals surface area (Å²) in [6.07, 6.45) is 0.842. The van der Waals surface area contributed by atoms with E-state index in [-0.39, 0.29) is 6.04 Å². The highest BCUT2D eigenvalue weighted by molar-refractivity contribution is 5.32. The summed E-state index contributed by atoms with van der Waals surface area (Å²) in [5, 5.41) is 0. The second-order valence-electron chi connectivity index (χ2n) is 4.52. The van der Waals surface area contributed by atoms with Gasteiger partial charge in [0.05, 0.1) is 7.11 Å². The number of ether oxygens (including phenoxy) is 1. The molecule has 0 aliphatic rings. The van der Waals surface area contributed by atoms with Gasteiger partial charge < -0.3 is 10.5 Å². The minimum atomic E-state index is 0.0413. The van der Waals surface area contributed by atoms with E-state index in [0.29, 0.717) is 0 Å². The van der Waals surface area contributed by atoms with Crippen LogP contribution in [0.2, 0.25) is 0 Å². The van der Waals surface area contributed by atoms with E-state index in [4.69, 9.17) is 10.5 Å². The first kappa shape index (κ1) is 12.7. The number of hydrogen-bond donors (Lipinski definition) is 1. The molecule has 0 saturated heterocycles. The van der Waals surface area contributed by atoms with Gasteiger partial charge in [-0.3, -0.25) is 0 Å². The fraction of sp³-hybridized carbons (Fsp3) is 0.250. The summed E-state index contributed by atoms with van der Waals surface area (Å²) in [5.41, 5.74) is 9.96. The molecule has 1 atom stereocenters. The molecular weight excluding hydrogens is 222 g/mol. The normalized spacial score (nSPS) is 12.2. The molecule has 0 radical (unpaired) electrons. The van der Waals surface area contributed by atoms with Crippen molar-refractivity contribution in [2.24, 2.45) is 5.73 Å². The molecule has 0 heterocycles. The number of methoxy groups -OCH3 is 1. The fourth-order valence-corrected chi connectivity index (χ4v) is 2.13. The molecule has 2 N–H and O–H groups in total. The van der Waals surface area contributed by atoms with Gasteiger partial charge in [-0.25, -0.2) is 0 Å². The summed E-state index contributed by atoms with van der Waals surface area (Å²) in [7, 11) is 1.67. The van der Waals surface area contributed by atoms with Gasteiger partial charge in [0, 0.05) is 6.04 Å². The molecule has 18 heavy (non-hydrogen) atoms. The van der Waals surface area contributed by atoms with Crippen LogP contribution >= 0.6 is 0 Å². The largest absolute Gasteiger partial charge is 0.497 e. The molecule has 0 aliphatic heterocycles. The van der Waals surface area contributed by atoms with Gasteiger partial charge in [0.1, 0.15) is 5.75 Å². The molecule has 0 aromatic heterocycles. The molecule has 2 aromatic carbocycles. The predicted molar refractivity (Wildman–Crippen MR) is 74.8 cm³/mol. The van der Waals surface area contributed by atoms with Gasteiger partial charge in [-0.15, -0.1) is 0 Å². The smallest absolute Gasteiger partial charge is 0.118 e. The maximum atomic E-state index is 6.27. The number of rotatable bonds is 4. The molecule has 1 unspecified atom stereocenters. The highest BCUT2D eigenvalue weighted by atomic mass is 16.5. The lowest BCUT2D eigenvalue weighted by Gasteiger charge is -2.15. The highest BCUT2D eigenvalue weighted by Gasteiger charge is 2.09. The summed E-state index contributed by atoms with van der Waals surface area (Å²) in [5.74, 6) is 0.878. The van der Waals surface area contributed by atoms with Crippen LogP contribution in [0.1, 0.15) is 22.7 Å². The van der Waals surface area contributed by atoms with Gasteiger partial charge in [-0.2, -0.15) is 0 Å². The van der Waals surface area contributed by atoms with E-state index in [0.717, 1.165) is 12.2 Å². The van der Waals surface area contributed by atoms with Crippen LogP contribution in [0.4, 0.5) is 0 Å². The van der Waals surface area contributed by atoms with E-state index in [1.807, 2.05) is 24.3 Å². The van der Waals surface area contributed by atoms with Crippen LogP contribution in [-0.2, 0) is 6.42 Å². The minimum Gasteiger partial charge on any atom is -0.497 e. The number of hydrogen-bond acceptors (Lipinski definition) is 2. The van der Waals surface area contributed by atoms with Crippen molar-refractivity contribution in [2.45, 2.75) is 19.4 Å². The minimum absolute atomic E-state index is 0.0413. The first-order chi connectivity index (χ1) is 8.70. The Labute approximate surface area is 108 Å². The maximum Gasteiger partial charge on any atom is 0.118 e. The third kappa shape index (κ3) is 2.90. The number of benzene rings is 2. The van der Waals surface area contributed by atoms with E-state index in [1.165, 1.54) is 16.7 Å². The highest BCUT2D eigenvalue weighted by Crippen LogP contribution is 2.20. The molecule has 2 nitrogen and oxygen atoms in total. The van der Waals surface area contributed by atoms with E-state index in [1.54, 1.807) is 7.11 Å². The third-order valence-corrected chi connectivity index (χ3v) is 3.20. The van der Waals surface area contributed by atoms with Gasteiger partial charge in [0.2, 0.25) is 0 Å². The average molecular weight is 241 g/mol. The van der Waals surface area contributed by atoms with Crippen LogP contribution < -0.4 is 10.5 Å². The van der Waals surface area contributed by atoms with Crippen molar-refractivity contribution in [3.8, 4) is 5.75 Å². The Morgan fingerprint density at radius 3 is 2.33 bits per heavy atom. The maximum absolute atomic E-state index is 6.27. The van der Waals surface area contributed by atoms with Crippen molar-refractivity contribution in [1.29, 1.82) is 0 Å². The van der Waals surface area contributed by atoms with E-state index in [2.05, 4.69) is 31.2 Å². The zero-order chi connectivity index (χ0) is 13.0. The van der Waals surface area contributed by atoms with Crippen LogP contribution in [0.15, 0.2) is 48.5 Å². The van der Waals surface area contributed by atoms with Crippen molar-refractivity contribution in [2.75, 3.05) is 7.11 Å². The van der Waals surface area contributed by atoms with Gasteiger partial charge in [0.15, 0.2) is 0 Å². The Hall–Kier alpha value is -1.80. The first-order valence-electron chi connectivity index (χ1n) is 6.14. The van der Waals surface area contributed by atoms with E-state index in [9.17, 15) is 0 Å². The Balaban J connectivity index is 2.11. The van der Waals surface area contributed by atoms with Gasteiger partial charge >= 0.3 is 0 Å². The van der Waals surface area contributed by atoms with Crippen molar-refractivity contribution in [1.82, 2.24) is 0 Å². The molecule has 2 aromatic rings. The van der Waals surface area contributed by atoms with Crippen molar-refractivity contribution in [3.63, 3.8) is 0 Å². The lowest BCUT2D eigenvalue weighted by Crippen LogP contribution is -2.14. The molecule has 0 aliphatic carbocycles.